The van der Waals surface area contributed by atoms with Gasteiger partial charge in [0, 0.05) is 61.6 Å². The molecule has 170 valence electrons. The minimum atomic E-state index is -0.635. The molecule has 1 aromatic carbocycles. The average Bonchev–Trinajstić information content (AvgIpc) is 3.33. The molecule has 4 heterocycles. The molecule has 0 saturated carbocycles. The Morgan fingerprint density at radius 3 is 2.56 bits per heavy atom. The third-order valence-electron chi connectivity index (χ3n) is 6.04. The summed E-state index contributed by atoms with van der Waals surface area (Å²) in [6.45, 7) is 2.84. The molecule has 1 saturated heterocycles. The van der Waals surface area contributed by atoms with Crippen LogP contribution in [0.1, 0.15) is 27.6 Å². The third-order valence-corrected chi connectivity index (χ3v) is 6.04. The van der Waals surface area contributed by atoms with Crippen molar-refractivity contribution in [2.45, 2.75) is 13.0 Å². The summed E-state index contributed by atoms with van der Waals surface area (Å²) in [5, 5.41) is 0. The van der Waals surface area contributed by atoms with Crippen LogP contribution >= 0.6 is 0 Å². The first-order valence-electron chi connectivity index (χ1n) is 11.0. The van der Waals surface area contributed by atoms with E-state index in [-0.39, 0.29) is 24.1 Å². The Morgan fingerprint density at radius 1 is 1.00 bits per heavy atom. The van der Waals surface area contributed by atoms with Gasteiger partial charge in [0.2, 0.25) is 0 Å². The van der Waals surface area contributed by atoms with Crippen molar-refractivity contribution in [3.63, 3.8) is 0 Å². The molecule has 0 spiro atoms. The zero-order valence-electron chi connectivity index (χ0n) is 18.5. The van der Waals surface area contributed by atoms with Gasteiger partial charge in [-0.25, -0.2) is 0 Å². The monoisotopic (exact) mass is 454 g/mol. The second-order valence-corrected chi connectivity index (χ2v) is 8.17. The number of fused-ring (bicyclic) bond motifs is 1. The average molecular weight is 454 g/mol. The van der Waals surface area contributed by atoms with Crippen LogP contribution in [0, 0.1) is 0 Å². The number of nitrogens with one attached hydrogen (secondary N) is 1. The number of benzene rings is 1. The van der Waals surface area contributed by atoms with Gasteiger partial charge >= 0.3 is 0 Å². The van der Waals surface area contributed by atoms with Crippen molar-refractivity contribution in [2.24, 2.45) is 0 Å². The van der Waals surface area contributed by atoms with Crippen LogP contribution < -0.4 is 0 Å². The Morgan fingerprint density at radius 2 is 1.82 bits per heavy atom. The lowest BCUT2D eigenvalue weighted by molar-refractivity contribution is -0.130. The van der Waals surface area contributed by atoms with Gasteiger partial charge in [0.25, 0.3) is 17.6 Å². The molecule has 2 amide bonds. The van der Waals surface area contributed by atoms with Crippen LogP contribution in [0.15, 0.2) is 67.4 Å². The Kier molecular flexibility index (Phi) is 5.59. The number of hydrogen-bond acceptors (Lipinski definition) is 6. The summed E-state index contributed by atoms with van der Waals surface area (Å²) in [5.41, 5.74) is 3.22. The molecule has 0 unspecified atom stereocenters. The fraction of sp³-hybridized carbons (Fsp3) is 0.200. The molecule has 9 heteroatoms. The lowest BCUT2D eigenvalue weighted by Gasteiger charge is -2.39. The van der Waals surface area contributed by atoms with E-state index in [4.69, 9.17) is 0 Å². The number of pyridine rings is 1. The number of rotatable bonds is 4. The highest BCUT2D eigenvalue weighted by Crippen LogP contribution is 2.27. The number of ketones is 1. The van der Waals surface area contributed by atoms with Gasteiger partial charge in [-0.2, -0.15) is 0 Å². The molecule has 1 N–H and O–H groups in total. The number of Topliss-reactive ketones (excluding diaryl/α,β-unsaturated/α-hetero) is 1. The maximum absolute atomic E-state index is 13.2. The molecule has 3 aromatic heterocycles. The quantitative estimate of drug-likeness (QED) is 0.375. The van der Waals surface area contributed by atoms with Gasteiger partial charge in [-0.1, -0.05) is 18.2 Å². The number of carbonyl (C=O) groups excluding carboxylic acids is 3. The number of hydrogen-bond donors (Lipinski definition) is 1. The molecule has 0 aliphatic carbocycles. The molecule has 1 fully saturated rings. The lowest BCUT2D eigenvalue weighted by atomic mass is 10.1. The third kappa shape index (κ3) is 3.81. The summed E-state index contributed by atoms with van der Waals surface area (Å²) in [7, 11) is 0. The topological polar surface area (TPSA) is 112 Å². The van der Waals surface area contributed by atoms with E-state index in [0.717, 1.165) is 5.56 Å². The zero-order chi connectivity index (χ0) is 23.7. The van der Waals surface area contributed by atoms with E-state index < -0.39 is 11.7 Å². The molecular weight excluding hydrogens is 432 g/mol. The second kappa shape index (κ2) is 8.86. The van der Waals surface area contributed by atoms with Gasteiger partial charge < -0.3 is 14.8 Å². The molecule has 0 radical (unpaired) electrons. The smallest absolute Gasteiger partial charge is 0.295 e. The first-order chi connectivity index (χ1) is 16.5. The Labute approximate surface area is 195 Å². The lowest BCUT2D eigenvalue weighted by Crippen LogP contribution is -2.56. The van der Waals surface area contributed by atoms with Crippen LogP contribution in [0.4, 0.5) is 0 Å². The normalized spacial score (nSPS) is 16.0. The fourth-order valence-corrected chi connectivity index (χ4v) is 4.30. The molecular formula is C25H22N6O3. The van der Waals surface area contributed by atoms with E-state index in [9.17, 15) is 14.4 Å². The van der Waals surface area contributed by atoms with Crippen LogP contribution in [0.5, 0.6) is 0 Å². The van der Waals surface area contributed by atoms with E-state index >= 15 is 0 Å². The van der Waals surface area contributed by atoms with Crippen molar-refractivity contribution in [1.82, 2.24) is 29.7 Å². The predicted molar refractivity (Wildman–Crippen MR) is 125 cm³/mol. The molecule has 4 aromatic rings. The maximum atomic E-state index is 13.2. The molecule has 1 aliphatic rings. The number of piperazine rings is 1. The standard InChI is InChI=1S/C25H22N6O3/c1-16-15-30(24(33)17-5-3-2-4-6-17)11-12-31(16)25(34)23(32)19-13-29-21-18(7-8-28-22(19)21)20-14-26-9-10-27-20/h2-10,13-14,16,29H,11-12,15H2,1H3/t16-/m1/s1. The predicted octanol–water partition coefficient (Wildman–Crippen LogP) is 2.58. The van der Waals surface area contributed by atoms with Crippen molar-refractivity contribution in [3.8, 4) is 11.3 Å². The molecule has 34 heavy (non-hydrogen) atoms. The van der Waals surface area contributed by atoms with E-state index in [1.165, 1.54) is 11.1 Å². The molecule has 1 atom stereocenters. The van der Waals surface area contributed by atoms with Gasteiger partial charge in [-0.3, -0.25) is 29.3 Å². The Balaban J connectivity index is 1.35. The van der Waals surface area contributed by atoms with E-state index in [0.29, 0.717) is 35.4 Å². The largest absolute Gasteiger partial charge is 0.359 e. The highest BCUT2D eigenvalue weighted by molar-refractivity contribution is 6.44. The number of aromatic nitrogens is 4. The fourth-order valence-electron chi connectivity index (χ4n) is 4.30. The zero-order valence-corrected chi connectivity index (χ0v) is 18.5. The minimum absolute atomic E-state index is 0.0803. The summed E-state index contributed by atoms with van der Waals surface area (Å²) in [5.74, 6) is -1.32. The minimum Gasteiger partial charge on any atom is -0.359 e. The summed E-state index contributed by atoms with van der Waals surface area (Å²) in [6, 6.07) is 10.5. The van der Waals surface area contributed by atoms with Gasteiger partial charge in [0.05, 0.1) is 28.5 Å². The molecule has 9 nitrogen and oxygen atoms in total. The van der Waals surface area contributed by atoms with Crippen molar-refractivity contribution in [2.75, 3.05) is 19.6 Å². The van der Waals surface area contributed by atoms with Crippen molar-refractivity contribution in [1.29, 1.82) is 0 Å². The SMILES string of the molecule is C[C@@H]1CN(C(=O)c2ccccc2)CCN1C(=O)C(=O)c1c[nH]c2c(-c3cnccn3)ccnc12. The first kappa shape index (κ1) is 21.4. The Bertz CT molecular complexity index is 1370. The molecule has 0 bridgehead atoms. The number of carbonyl (C=O) groups is 3. The summed E-state index contributed by atoms with van der Waals surface area (Å²) < 4.78 is 0. The molecule has 5 rings (SSSR count). The van der Waals surface area contributed by atoms with Crippen LogP contribution in [-0.4, -0.2) is 73.0 Å². The van der Waals surface area contributed by atoms with Crippen molar-refractivity contribution in [3.05, 3.63) is 78.5 Å². The second-order valence-electron chi connectivity index (χ2n) is 8.17. The Hall–Kier alpha value is -4.40. The number of aromatic amines is 1. The van der Waals surface area contributed by atoms with E-state index in [1.807, 2.05) is 25.1 Å². The van der Waals surface area contributed by atoms with Gasteiger partial charge in [-0.05, 0) is 25.1 Å². The van der Waals surface area contributed by atoms with Gasteiger partial charge in [-0.15, -0.1) is 0 Å². The number of H-pyrrole nitrogens is 1. The van der Waals surface area contributed by atoms with Crippen LogP contribution in [-0.2, 0) is 4.79 Å². The van der Waals surface area contributed by atoms with Crippen LogP contribution in [0.3, 0.4) is 0 Å². The van der Waals surface area contributed by atoms with Crippen LogP contribution in [0.2, 0.25) is 0 Å². The van der Waals surface area contributed by atoms with E-state index in [2.05, 4.69) is 19.9 Å². The van der Waals surface area contributed by atoms with Crippen LogP contribution in [0.25, 0.3) is 22.3 Å². The van der Waals surface area contributed by atoms with Crippen molar-refractivity contribution >= 4 is 28.6 Å². The van der Waals surface area contributed by atoms with E-state index in [1.54, 1.807) is 47.9 Å². The summed E-state index contributed by atoms with van der Waals surface area (Å²) >= 11 is 0. The summed E-state index contributed by atoms with van der Waals surface area (Å²) in [6.07, 6.45) is 7.89. The highest BCUT2D eigenvalue weighted by atomic mass is 16.2. The first-order valence-corrected chi connectivity index (χ1v) is 11.0. The van der Waals surface area contributed by atoms with Crippen molar-refractivity contribution < 1.29 is 14.4 Å². The molecule has 1 aliphatic heterocycles. The number of nitrogens with zero attached hydrogens (tertiary/aromatic N) is 5. The van der Waals surface area contributed by atoms with Gasteiger partial charge in [0.15, 0.2) is 0 Å². The summed E-state index contributed by atoms with van der Waals surface area (Å²) in [4.78, 5) is 58.2. The number of amides is 2. The maximum Gasteiger partial charge on any atom is 0.295 e. The highest BCUT2D eigenvalue weighted by Gasteiger charge is 2.34. The van der Waals surface area contributed by atoms with Gasteiger partial charge in [0.1, 0.15) is 0 Å².